The van der Waals surface area contributed by atoms with Crippen LogP contribution in [-0.4, -0.2) is 24.7 Å². The summed E-state index contributed by atoms with van der Waals surface area (Å²) in [6, 6.07) is -0.0439. The number of hydrogen-bond donors (Lipinski definition) is 1. The maximum Gasteiger partial charge on any atom is 0.323 e. The third-order valence-corrected chi connectivity index (χ3v) is 4.46. The Bertz CT molecular complexity index is 262. The van der Waals surface area contributed by atoms with Crippen LogP contribution in [0.5, 0.6) is 0 Å². The third kappa shape index (κ3) is 8.45. The smallest absolute Gasteiger partial charge is 0.323 e. The predicted octanol–water partition coefficient (Wildman–Crippen LogP) is 4.59. The van der Waals surface area contributed by atoms with Gasteiger partial charge in [-0.1, -0.05) is 58.8 Å². The average Bonchev–Trinajstić information content (AvgIpc) is 3.03. The Morgan fingerprint density at radius 1 is 1.10 bits per heavy atom. The number of nitrogens with one attached hydrogen (secondary N) is 1. The van der Waals surface area contributed by atoms with Crippen molar-refractivity contribution in [3.8, 4) is 0 Å². The summed E-state index contributed by atoms with van der Waals surface area (Å²) in [4.78, 5) is 12.0. The zero-order valence-electron chi connectivity index (χ0n) is 14.2. The molecule has 0 spiro atoms. The minimum absolute atomic E-state index is 0.0288. The van der Waals surface area contributed by atoms with Crippen molar-refractivity contribution in [2.24, 2.45) is 0 Å². The lowest BCUT2D eigenvalue weighted by Gasteiger charge is -2.18. The first-order chi connectivity index (χ1) is 10.3. The molecule has 1 aliphatic heterocycles. The molecule has 1 rings (SSSR count). The molecule has 1 aliphatic rings. The first kappa shape index (κ1) is 18.5. The molecule has 0 radical (unpaired) electrons. The van der Waals surface area contributed by atoms with E-state index < -0.39 is 0 Å². The third-order valence-electron chi connectivity index (χ3n) is 4.46. The summed E-state index contributed by atoms with van der Waals surface area (Å²) in [6.45, 7) is 5.33. The van der Waals surface area contributed by atoms with Crippen LogP contribution in [0, 0.1) is 0 Å². The second-order valence-electron chi connectivity index (χ2n) is 6.38. The van der Waals surface area contributed by atoms with Gasteiger partial charge in [-0.2, -0.15) is 0 Å². The van der Waals surface area contributed by atoms with Gasteiger partial charge in [0.05, 0.1) is 0 Å². The molecule has 1 fully saturated rings. The first-order valence-corrected chi connectivity index (χ1v) is 9.21. The van der Waals surface area contributed by atoms with Crippen LogP contribution in [0.4, 0.5) is 0 Å². The normalized spacial score (nSPS) is 19.6. The molecule has 1 unspecified atom stereocenters. The quantitative estimate of drug-likeness (QED) is 0.423. The van der Waals surface area contributed by atoms with E-state index in [1.165, 1.54) is 51.4 Å². The van der Waals surface area contributed by atoms with Crippen LogP contribution in [0.15, 0.2) is 0 Å². The van der Waals surface area contributed by atoms with Gasteiger partial charge in [0.15, 0.2) is 0 Å². The molecule has 2 atom stereocenters. The van der Waals surface area contributed by atoms with Crippen molar-refractivity contribution in [3.05, 3.63) is 0 Å². The maximum atomic E-state index is 12.0. The highest BCUT2D eigenvalue weighted by Crippen LogP contribution is 2.15. The highest BCUT2D eigenvalue weighted by molar-refractivity contribution is 5.76. The number of unbranched alkanes of at least 4 members (excludes halogenated alkanes) is 7. The minimum atomic E-state index is -0.0439. The van der Waals surface area contributed by atoms with Crippen molar-refractivity contribution in [3.63, 3.8) is 0 Å². The summed E-state index contributed by atoms with van der Waals surface area (Å²) in [5.74, 6) is -0.0288. The summed E-state index contributed by atoms with van der Waals surface area (Å²) < 4.78 is 5.64. The summed E-state index contributed by atoms with van der Waals surface area (Å²) in [5.41, 5.74) is 0. The molecule has 1 N–H and O–H groups in total. The van der Waals surface area contributed by atoms with Crippen LogP contribution in [0.2, 0.25) is 0 Å². The van der Waals surface area contributed by atoms with Gasteiger partial charge in [-0.05, 0) is 38.6 Å². The van der Waals surface area contributed by atoms with E-state index in [0.29, 0.717) is 0 Å². The molecular formula is C18H35NO2. The molecule has 0 saturated carbocycles. The number of esters is 1. The van der Waals surface area contributed by atoms with E-state index in [1.807, 2.05) is 0 Å². The Labute approximate surface area is 131 Å². The molecule has 0 aromatic rings. The Hall–Kier alpha value is -0.570. The van der Waals surface area contributed by atoms with Crippen LogP contribution in [-0.2, 0) is 9.53 Å². The fourth-order valence-corrected chi connectivity index (χ4v) is 2.98. The largest absolute Gasteiger partial charge is 0.461 e. The summed E-state index contributed by atoms with van der Waals surface area (Å²) in [7, 11) is 0. The second kappa shape index (κ2) is 12.0. The fraction of sp³-hybridized carbons (Fsp3) is 0.944. The summed E-state index contributed by atoms with van der Waals surface area (Å²) >= 11 is 0. The van der Waals surface area contributed by atoms with Gasteiger partial charge in [0.2, 0.25) is 0 Å². The topological polar surface area (TPSA) is 38.3 Å². The van der Waals surface area contributed by atoms with Crippen molar-refractivity contribution in [2.75, 3.05) is 6.54 Å². The number of carbonyl (C=O) groups excluding carboxylic acids is 1. The van der Waals surface area contributed by atoms with Crippen molar-refractivity contribution in [1.82, 2.24) is 5.32 Å². The Balaban J connectivity index is 2.01. The Morgan fingerprint density at radius 2 is 1.76 bits per heavy atom. The van der Waals surface area contributed by atoms with E-state index in [9.17, 15) is 4.79 Å². The molecule has 124 valence electrons. The van der Waals surface area contributed by atoms with Crippen LogP contribution < -0.4 is 5.32 Å². The Kier molecular flexibility index (Phi) is 10.6. The van der Waals surface area contributed by atoms with Crippen molar-refractivity contribution in [2.45, 2.75) is 103 Å². The van der Waals surface area contributed by atoms with Gasteiger partial charge in [0, 0.05) is 0 Å². The standard InChI is InChI=1S/C18H35NO2/c1-3-5-6-7-8-9-10-11-13-16(4-2)21-18(20)17-14-12-15-19-17/h16-17,19H,3-15H2,1-2H3/t16?,17-/m0/s1. The lowest BCUT2D eigenvalue weighted by molar-refractivity contribution is -0.151. The van der Waals surface area contributed by atoms with Gasteiger partial charge < -0.3 is 10.1 Å². The first-order valence-electron chi connectivity index (χ1n) is 9.21. The lowest BCUT2D eigenvalue weighted by atomic mass is 10.0. The van der Waals surface area contributed by atoms with Crippen molar-refractivity contribution < 1.29 is 9.53 Å². The van der Waals surface area contributed by atoms with Crippen LogP contribution in [0.3, 0.4) is 0 Å². The van der Waals surface area contributed by atoms with Crippen LogP contribution in [0.1, 0.15) is 90.9 Å². The van der Waals surface area contributed by atoms with E-state index >= 15 is 0 Å². The molecule has 3 nitrogen and oxygen atoms in total. The molecule has 0 aliphatic carbocycles. The monoisotopic (exact) mass is 297 g/mol. The molecule has 1 heterocycles. The SMILES string of the molecule is CCCCCCCCCCC(CC)OC(=O)[C@@H]1CCCN1. The van der Waals surface area contributed by atoms with E-state index in [4.69, 9.17) is 4.74 Å². The molecule has 0 amide bonds. The van der Waals surface area contributed by atoms with Gasteiger partial charge in [0.1, 0.15) is 12.1 Å². The highest BCUT2D eigenvalue weighted by atomic mass is 16.5. The fourth-order valence-electron chi connectivity index (χ4n) is 2.98. The van der Waals surface area contributed by atoms with Gasteiger partial charge in [0.25, 0.3) is 0 Å². The van der Waals surface area contributed by atoms with Crippen molar-refractivity contribution >= 4 is 5.97 Å². The molecule has 1 saturated heterocycles. The molecule has 0 aromatic carbocycles. The van der Waals surface area contributed by atoms with Crippen molar-refractivity contribution in [1.29, 1.82) is 0 Å². The van der Waals surface area contributed by atoms with Gasteiger partial charge in [-0.3, -0.25) is 4.79 Å². The minimum Gasteiger partial charge on any atom is -0.461 e. The summed E-state index contributed by atoms with van der Waals surface area (Å²) in [5, 5.41) is 3.21. The van der Waals surface area contributed by atoms with Gasteiger partial charge in [-0.15, -0.1) is 0 Å². The highest BCUT2D eigenvalue weighted by Gasteiger charge is 2.25. The van der Waals surface area contributed by atoms with E-state index in [2.05, 4.69) is 19.2 Å². The van der Waals surface area contributed by atoms with Crippen LogP contribution >= 0.6 is 0 Å². The number of rotatable bonds is 12. The molecule has 3 heteroatoms. The number of ether oxygens (including phenoxy) is 1. The van der Waals surface area contributed by atoms with E-state index in [1.54, 1.807) is 0 Å². The molecule has 0 aromatic heterocycles. The molecular weight excluding hydrogens is 262 g/mol. The second-order valence-corrected chi connectivity index (χ2v) is 6.38. The van der Waals surface area contributed by atoms with E-state index in [-0.39, 0.29) is 18.1 Å². The zero-order valence-corrected chi connectivity index (χ0v) is 14.2. The number of hydrogen-bond acceptors (Lipinski definition) is 3. The Morgan fingerprint density at radius 3 is 2.33 bits per heavy atom. The van der Waals surface area contributed by atoms with Gasteiger partial charge >= 0.3 is 5.97 Å². The molecule has 21 heavy (non-hydrogen) atoms. The zero-order chi connectivity index (χ0) is 15.3. The predicted molar refractivity (Wildman–Crippen MR) is 88.4 cm³/mol. The summed E-state index contributed by atoms with van der Waals surface area (Å²) in [6.07, 6.45) is 14.8. The average molecular weight is 297 g/mol. The maximum absolute atomic E-state index is 12.0. The lowest BCUT2D eigenvalue weighted by Crippen LogP contribution is -2.34. The number of carbonyl (C=O) groups is 1. The van der Waals surface area contributed by atoms with Crippen LogP contribution in [0.25, 0.3) is 0 Å². The molecule has 0 bridgehead atoms. The van der Waals surface area contributed by atoms with Gasteiger partial charge in [-0.25, -0.2) is 0 Å². The van der Waals surface area contributed by atoms with E-state index in [0.717, 1.165) is 32.2 Å².